The first-order chi connectivity index (χ1) is 16.8. The Hall–Kier alpha value is -2.61. The summed E-state index contributed by atoms with van der Waals surface area (Å²) < 4.78 is 11.2. The number of carbonyl (C=O) groups excluding carboxylic acids is 2. The first kappa shape index (κ1) is 24.1. The number of hydrogen-bond acceptors (Lipinski definition) is 5. The van der Waals surface area contributed by atoms with Gasteiger partial charge in [-0.15, -0.1) is 11.8 Å². The van der Waals surface area contributed by atoms with Gasteiger partial charge in [-0.1, -0.05) is 26.0 Å². The highest BCUT2D eigenvalue weighted by molar-refractivity contribution is 8.04. The van der Waals surface area contributed by atoms with Crippen LogP contribution in [0, 0.1) is 0 Å². The molecule has 0 aliphatic carbocycles. The van der Waals surface area contributed by atoms with Crippen molar-refractivity contribution in [1.29, 1.82) is 0 Å². The minimum atomic E-state index is -0.388. The van der Waals surface area contributed by atoms with Gasteiger partial charge in [-0.25, -0.2) is 4.79 Å². The molecule has 188 valence electrons. The van der Waals surface area contributed by atoms with Crippen LogP contribution in [-0.4, -0.2) is 71.3 Å². The number of fused-ring (bicyclic) bond motifs is 3. The number of piperidine rings is 1. The first-order valence-electron chi connectivity index (χ1n) is 12.5. The molecule has 4 heterocycles. The zero-order valence-electron chi connectivity index (χ0n) is 21.3. The van der Waals surface area contributed by atoms with E-state index in [4.69, 9.17) is 9.47 Å². The van der Waals surface area contributed by atoms with E-state index in [9.17, 15) is 9.59 Å². The van der Waals surface area contributed by atoms with Gasteiger partial charge in [0.2, 0.25) is 0 Å². The number of amides is 3. The van der Waals surface area contributed by atoms with Crippen LogP contribution in [0.2, 0.25) is 0 Å². The SMILES string of the molecule is CCN1C(=O)N2Cc3cc(OC)cc(OC)c3C(C)C=C2C12CCN(C(=O)C1=CCC(C)S1)CC2. The molecule has 1 spiro atoms. The molecular weight excluding hydrogens is 462 g/mol. The van der Waals surface area contributed by atoms with E-state index in [1.54, 1.807) is 26.0 Å². The van der Waals surface area contributed by atoms with E-state index in [0.717, 1.165) is 52.5 Å². The van der Waals surface area contributed by atoms with Crippen molar-refractivity contribution in [2.75, 3.05) is 33.9 Å². The number of rotatable bonds is 4. The summed E-state index contributed by atoms with van der Waals surface area (Å²) in [6, 6.07) is 3.98. The lowest BCUT2D eigenvalue weighted by Gasteiger charge is -2.44. The number of allylic oxidation sites excluding steroid dienone is 2. The fourth-order valence-corrected chi connectivity index (χ4v) is 7.27. The summed E-state index contributed by atoms with van der Waals surface area (Å²) in [6.07, 6.45) is 6.78. The molecule has 5 rings (SSSR count). The number of methoxy groups -OCH3 is 2. The molecule has 2 fully saturated rings. The molecule has 7 nitrogen and oxygen atoms in total. The topological polar surface area (TPSA) is 62.3 Å². The van der Waals surface area contributed by atoms with Crippen LogP contribution in [0.3, 0.4) is 0 Å². The van der Waals surface area contributed by atoms with Gasteiger partial charge in [0, 0.05) is 48.1 Å². The van der Waals surface area contributed by atoms with Crippen molar-refractivity contribution in [1.82, 2.24) is 14.7 Å². The summed E-state index contributed by atoms with van der Waals surface area (Å²) in [5, 5.41) is 0.469. The Morgan fingerprint density at radius 3 is 2.51 bits per heavy atom. The van der Waals surface area contributed by atoms with E-state index in [1.807, 2.05) is 26.8 Å². The molecule has 3 amide bonds. The van der Waals surface area contributed by atoms with E-state index < -0.39 is 0 Å². The van der Waals surface area contributed by atoms with Gasteiger partial charge in [-0.3, -0.25) is 9.69 Å². The molecule has 1 aromatic rings. The number of carbonyl (C=O) groups is 2. The van der Waals surface area contributed by atoms with E-state index in [0.29, 0.717) is 31.4 Å². The monoisotopic (exact) mass is 497 g/mol. The maximum Gasteiger partial charge on any atom is 0.325 e. The molecule has 35 heavy (non-hydrogen) atoms. The van der Waals surface area contributed by atoms with E-state index in [2.05, 4.69) is 32.9 Å². The standard InChI is InChI=1S/C27H35N3O4S/c1-6-30-26(32)29-16-19-14-20(33-4)15-21(34-5)24(19)17(2)13-23(29)27(30)9-11-28(12-10-27)25(31)22-8-7-18(3)35-22/h8,13-15,17-18H,6-7,9-12,16H2,1-5H3. The van der Waals surface area contributed by atoms with Crippen LogP contribution in [0.4, 0.5) is 4.79 Å². The van der Waals surface area contributed by atoms with Gasteiger partial charge < -0.3 is 19.3 Å². The van der Waals surface area contributed by atoms with Gasteiger partial charge in [0.1, 0.15) is 11.5 Å². The molecule has 2 saturated heterocycles. The third-order valence-electron chi connectivity index (χ3n) is 7.96. The van der Waals surface area contributed by atoms with Gasteiger partial charge in [0.25, 0.3) is 5.91 Å². The van der Waals surface area contributed by atoms with Gasteiger partial charge >= 0.3 is 6.03 Å². The second kappa shape index (κ2) is 9.12. The van der Waals surface area contributed by atoms with Crippen molar-refractivity contribution < 1.29 is 19.1 Å². The average molecular weight is 498 g/mol. The lowest BCUT2D eigenvalue weighted by atomic mass is 9.82. The summed E-state index contributed by atoms with van der Waals surface area (Å²) in [6.45, 7) is 8.81. The van der Waals surface area contributed by atoms with Crippen molar-refractivity contribution in [3.63, 3.8) is 0 Å². The van der Waals surface area contributed by atoms with E-state index in [1.165, 1.54) is 0 Å². The predicted octanol–water partition coefficient (Wildman–Crippen LogP) is 4.73. The Labute approximate surface area is 212 Å². The number of nitrogens with zero attached hydrogens (tertiary/aromatic N) is 3. The highest BCUT2D eigenvalue weighted by Crippen LogP contribution is 2.49. The quantitative estimate of drug-likeness (QED) is 0.602. The van der Waals surface area contributed by atoms with Crippen molar-refractivity contribution >= 4 is 23.7 Å². The first-order valence-corrected chi connectivity index (χ1v) is 13.4. The van der Waals surface area contributed by atoms with Crippen LogP contribution >= 0.6 is 11.8 Å². The molecule has 1 aromatic carbocycles. The van der Waals surface area contributed by atoms with Gasteiger partial charge in [0.05, 0.1) is 31.2 Å². The lowest BCUT2D eigenvalue weighted by Crippen LogP contribution is -2.54. The molecule has 2 unspecified atom stereocenters. The molecule has 8 heteroatoms. The van der Waals surface area contributed by atoms with Gasteiger partial charge in [-0.2, -0.15) is 0 Å². The van der Waals surface area contributed by atoms with Crippen LogP contribution in [0.1, 0.15) is 57.1 Å². The fourth-order valence-electron chi connectivity index (χ4n) is 6.22. The normalized spacial score (nSPS) is 25.2. The molecule has 2 atom stereocenters. The highest BCUT2D eigenvalue weighted by atomic mass is 32.2. The molecule has 4 aliphatic rings. The number of thioether (sulfide) groups is 1. The number of urea groups is 1. The highest BCUT2D eigenvalue weighted by Gasteiger charge is 2.55. The Balaban J connectivity index is 1.47. The van der Waals surface area contributed by atoms with Crippen molar-refractivity contribution in [3.05, 3.63) is 46.0 Å². The van der Waals surface area contributed by atoms with E-state index >= 15 is 0 Å². The zero-order chi connectivity index (χ0) is 24.9. The number of likely N-dealkylation sites (tertiary alicyclic amines) is 1. The predicted molar refractivity (Wildman–Crippen MR) is 138 cm³/mol. The maximum absolute atomic E-state index is 13.7. The lowest BCUT2D eigenvalue weighted by molar-refractivity contribution is -0.128. The van der Waals surface area contributed by atoms with Crippen molar-refractivity contribution in [2.45, 2.75) is 63.3 Å². The maximum atomic E-state index is 13.7. The fraction of sp³-hybridized carbons (Fsp3) is 0.556. The van der Waals surface area contributed by atoms with E-state index in [-0.39, 0.29) is 23.4 Å². The third-order valence-corrected chi connectivity index (χ3v) is 9.15. The third kappa shape index (κ3) is 3.81. The largest absolute Gasteiger partial charge is 0.497 e. The summed E-state index contributed by atoms with van der Waals surface area (Å²) in [5.41, 5.74) is 2.84. The number of likely N-dealkylation sites (N-methyl/N-ethyl adjacent to an activating group) is 1. The average Bonchev–Trinajstić information content (AvgIpc) is 3.33. The molecular formula is C27H35N3O4S. The molecule has 0 N–H and O–H groups in total. The molecule has 4 aliphatic heterocycles. The van der Waals surface area contributed by atoms with Crippen LogP contribution in [0.5, 0.6) is 11.5 Å². The van der Waals surface area contributed by atoms with Gasteiger partial charge in [-0.05, 0) is 37.8 Å². The minimum absolute atomic E-state index is 0.0447. The molecule has 0 radical (unpaired) electrons. The number of ether oxygens (including phenoxy) is 2. The van der Waals surface area contributed by atoms with Crippen LogP contribution in [0.25, 0.3) is 0 Å². The van der Waals surface area contributed by atoms with Crippen molar-refractivity contribution in [2.24, 2.45) is 0 Å². The van der Waals surface area contributed by atoms with Crippen LogP contribution < -0.4 is 9.47 Å². The smallest absolute Gasteiger partial charge is 0.325 e. The Kier molecular flexibility index (Phi) is 6.28. The molecule has 0 saturated carbocycles. The molecule has 0 aromatic heterocycles. The summed E-state index contributed by atoms with van der Waals surface area (Å²) in [7, 11) is 3.33. The summed E-state index contributed by atoms with van der Waals surface area (Å²) in [4.78, 5) is 33.7. The van der Waals surface area contributed by atoms with Crippen LogP contribution in [0.15, 0.2) is 34.9 Å². The zero-order valence-corrected chi connectivity index (χ0v) is 22.1. The second-order valence-electron chi connectivity index (χ2n) is 9.91. The van der Waals surface area contributed by atoms with Crippen LogP contribution in [-0.2, 0) is 11.3 Å². The number of hydrogen-bond donors (Lipinski definition) is 0. The Morgan fingerprint density at radius 2 is 1.91 bits per heavy atom. The molecule has 0 bridgehead atoms. The minimum Gasteiger partial charge on any atom is -0.497 e. The summed E-state index contributed by atoms with van der Waals surface area (Å²) in [5.74, 6) is 1.74. The summed E-state index contributed by atoms with van der Waals surface area (Å²) >= 11 is 1.68. The number of benzene rings is 1. The Bertz CT molecular complexity index is 1110. The second-order valence-corrected chi connectivity index (χ2v) is 11.4. The Morgan fingerprint density at radius 1 is 1.17 bits per heavy atom. The van der Waals surface area contributed by atoms with Gasteiger partial charge in [0.15, 0.2) is 0 Å². The van der Waals surface area contributed by atoms with Crippen molar-refractivity contribution in [3.8, 4) is 11.5 Å².